The van der Waals surface area contributed by atoms with E-state index in [0.717, 1.165) is 0 Å². The average molecular weight is 180 g/mol. The van der Waals surface area contributed by atoms with Gasteiger partial charge in [0.05, 0.1) is 0 Å². The fourth-order valence-electron chi connectivity index (χ4n) is 1.18. The maximum Gasteiger partial charge on any atom is 0.250 e. The average Bonchev–Trinajstić information content (AvgIpc) is 1.94. The van der Waals surface area contributed by atoms with Crippen LogP contribution >= 0.6 is 0 Å². The highest BCUT2D eigenvalue weighted by Gasteiger charge is 2.11. The van der Waals surface area contributed by atoms with E-state index in [9.17, 15) is 4.79 Å². The Morgan fingerprint density at radius 3 is 2.54 bits per heavy atom. The SMILES string of the molecule is CC(C)(C)Cn1cc(N)ccc1=O. The summed E-state index contributed by atoms with van der Waals surface area (Å²) in [7, 11) is 0. The first-order chi connectivity index (χ1) is 5.88. The number of pyridine rings is 1. The quantitative estimate of drug-likeness (QED) is 0.711. The Labute approximate surface area is 78.2 Å². The van der Waals surface area contributed by atoms with Crippen LogP contribution < -0.4 is 11.3 Å². The fraction of sp³-hybridized carbons (Fsp3) is 0.500. The summed E-state index contributed by atoms with van der Waals surface area (Å²) in [5, 5.41) is 0. The second-order valence-electron chi connectivity index (χ2n) is 4.49. The lowest BCUT2D eigenvalue weighted by molar-refractivity contribution is 0.338. The van der Waals surface area contributed by atoms with Gasteiger partial charge >= 0.3 is 0 Å². The van der Waals surface area contributed by atoms with Crippen molar-refractivity contribution in [3.8, 4) is 0 Å². The highest BCUT2D eigenvalue weighted by molar-refractivity contribution is 5.33. The molecule has 3 heteroatoms. The van der Waals surface area contributed by atoms with E-state index in [4.69, 9.17) is 5.73 Å². The highest BCUT2D eigenvalue weighted by Crippen LogP contribution is 2.15. The van der Waals surface area contributed by atoms with E-state index >= 15 is 0 Å². The molecule has 1 heterocycles. The van der Waals surface area contributed by atoms with Crippen LogP contribution in [0.25, 0.3) is 0 Å². The van der Waals surface area contributed by atoms with Crippen molar-refractivity contribution in [3.63, 3.8) is 0 Å². The lowest BCUT2D eigenvalue weighted by atomic mass is 9.97. The first kappa shape index (κ1) is 9.84. The van der Waals surface area contributed by atoms with Crippen LogP contribution in [-0.4, -0.2) is 4.57 Å². The zero-order valence-electron chi connectivity index (χ0n) is 8.37. The van der Waals surface area contributed by atoms with E-state index in [-0.39, 0.29) is 11.0 Å². The molecule has 0 unspecified atom stereocenters. The Hall–Kier alpha value is -1.25. The number of rotatable bonds is 1. The minimum Gasteiger partial charge on any atom is -0.398 e. The van der Waals surface area contributed by atoms with Crippen LogP contribution in [0.3, 0.4) is 0 Å². The topological polar surface area (TPSA) is 48.0 Å². The lowest BCUT2D eigenvalue weighted by Crippen LogP contribution is -2.25. The van der Waals surface area contributed by atoms with Gasteiger partial charge in [-0.15, -0.1) is 0 Å². The molecule has 2 N–H and O–H groups in total. The van der Waals surface area contributed by atoms with Gasteiger partial charge < -0.3 is 10.3 Å². The van der Waals surface area contributed by atoms with Crippen LogP contribution in [0.5, 0.6) is 0 Å². The van der Waals surface area contributed by atoms with Gasteiger partial charge in [0.15, 0.2) is 0 Å². The summed E-state index contributed by atoms with van der Waals surface area (Å²) in [5.41, 5.74) is 6.31. The third-order valence-corrected chi connectivity index (χ3v) is 1.65. The molecule has 3 nitrogen and oxygen atoms in total. The van der Waals surface area contributed by atoms with E-state index in [1.165, 1.54) is 6.07 Å². The van der Waals surface area contributed by atoms with Crippen molar-refractivity contribution < 1.29 is 0 Å². The summed E-state index contributed by atoms with van der Waals surface area (Å²) in [6.45, 7) is 6.95. The Kier molecular flexibility index (Phi) is 2.45. The second-order valence-corrected chi connectivity index (χ2v) is 4.49. The molecule has 1 rings (SSSR count). The molecule has 0 aromatic carbocycles. The predicted molar refractivity (Wildman–Crippen MR) is 54.6 cm³/mol. The standard InChI is InChI=1S/C10H16N2O/c1-10(2,3)7-12-6-8(11)4-5-9(12)13/h4-6H,7,11H2,1-3H3. The normalized spacial score (nSPS) is 11.6. The van der Waals surface area contributed by atoms with E-state index in [2.05, 4.69) is 20.8 Å². The Bertz CT molecular complexity index is 347. The molecule has 0 bridgehead atoms. The Balaban J connectivity index is 3.01. The molecule has 0 fully saturated rings. The van der Waals surface area contributed by atoms with Crippen molar-refractivity contribution in [2.24, 2.45) is 5.41 Å². The molecule has 1 aromatic heterocycles. The van der Waals surface area contributed by atoms with E-state index < -0.39 is 0 Å². The number of aromatic nitrogens is 1. The van der Waals surface area contributed by atoms with Gasteiger partial charge in [-0.05, 0) is 11.5 Å². The number of hydrogen-bond donors (Lipinski definition) is 1. The van der Waals surface area contributed by atoms with Crippen LogP contribution in [-0.2, 0) is 6.54 Å². The molecule has 0 aliphatic rings. The molecule has 0 radical (unpaired) electrons. The molecule has 1 aromatic rings. The lowest BCUT2D eigenvalue weighted by Gasteiger charge is -2.19. The van der Waals surface area contributed by atoms with Gasteiger partial charge in [0.25, 0.3) is 5.56 Å². The van der Waals surface area contributed by atoms with Crippen LogP contribution in [0.4, 0.5) is 5.69 Å². The number of nitrogens with two attached hydrogens (primary N) is 1. The molecule has 13 heavy (non-hydrogen) atoms. The maximum atomic E-state index is 11.4. The van der Waals surface area contributed by atoms with Crippen LogP contribution in [0, 0.1) is 5.41 Å². The van der Waals surface area contributed by atoms with Crippen molar-refractivity contribution in [1.29, 1.82) is 0 Å². The molecule has 0 atom stereocenters. The minimum absolute atomic E-state index is 0.00382. The Morgan fingerprint density at radius 1 is 1.38 bits per heavy atom. The van der Waals surface area contributed by atoms with Gasteiger partial charge in [0, 0.05) is 24.5 Å². The summed E-state index contributed by atoms with van der Waals surface area (Å²) >= 11 is 0. The van der Waals surface area contributed by atoms with E-state index in [0.29, 0.717) is 12.2 Å². The predicted octanol–water partition coefficient (Wildman–Crippen LogP) is 1.48. The molecule has 0 amide bonds. The van der Waals surface area contributed by atoms with Gasteiger partial charge in [0.2, 0.25) is 0 Å². The summed E-state index contributed by atoms with van der Waals surface area (Å²) in [5.74, 6) is 0. The van der Waals surface area contributed by atoms with Crippen LogP contribution in [0.1, 0.15) is 20.8 Å². The monoisotopic (exact) mass is 180 g/mol. The molecule has 0 saturated heterocycles. The maximum absolute atomic E-state index is 11.4. The van der Waals surface area contributed by atoms with Gasteiger partial charge in [-0.3, -0.25) is 4.79 Å². The zero-order valence-corrected chi connectivity index (χ0v) is 8.37. The van der Waals surface area contributed by atoms with Gasteiger partial charge in [0.1, 0.15) is 0 Å². The third-order valence-electron chi connectivity index (χ3n) is 1.65. The zero-order chi connectivity index (χ0) is 10.1. The van der Waals surface area contributed by atoms with Crippen molar-refractivity contribution in [2.45, 2.75) is 27.3 Å². The summed E-state index contributed by atoms with van der Waals surface area (Å²) in [4.78, 5) is 11.4. The fourth-order valence-corrected chi connectivity index (χ4v) is 1.18. The number of hydrogen-bond acceptors (Lipinski definition) is 2. The summed E-state index contributed by atoms with van der Waals surface area (Å²) < 4.78 is 1.65. The van der Waals surface area contributed by atoms with Crippen LogP contribution in [0.2, 0.25) is 0 Å². The highest BCUT2D eigenvalue weighted by atomic mass is 16.1. The van der Waals surface area contributed by atoms with Crippen molar-refractivity contribution >= 4 is 5.69 Å². The molecule has 0 spiro atoms. The second kappa shape index (κ2) is 3.24. The van der Waals surface area contributed by atoms with E-state index in [1.54, 1.807) is 16.8 Å². The van der Waals surface area contributed by atoms with Crippen LogP contribution in [0.15, 0.2) is 23.1 Å². The summed E-state index contributed by atoms with van der Waals surface area (Å²) in [6.07, 6.45) is 1.69. The molecule has 0 aliphatic heterocycles. The smallest absolute Gasteiger partial charge is 0.250 e. The Morgan fingerprint density at radius 2 is 2.00 bits per heavy atom. The minimum atomic E-state index is 0.00382. The first-order valence-electron chi connectivity index (χ1n) is 4.34. The number of nitrogens with zero attached hydrogens (tertiary/aromatic N) is 1. The number of nitrogen functional groups attached to an aromatic ring is 1. The first-order valence-corrected chi connectivity index (χ1v) is 4.34. The molecular weight excluding hydrogens is 164 g/mol. The number of anilines is 1. The van der Waals surface area contributed by atoms with E-state index in [1.807, 2.05) is 0 Å². The molecule has 0 aliphatic carbocycles. The van der Waals surface area contributed by atoms with Crippen molar-refractivity contribution in [1.82, 2.24) is 4.57 Å². The third kappa shape index (κ3) is 2.93. The molecular formula is C10H16N2O. The van der Waals surface area contributed by atoms with Crippen molar-refractivity contribution in [2.75, 3.05) is 5.73 Å². The van der Waals surface area contributed by atoms with Gasteiger partial charge in [-0.25, -0.2) is 0 Å². The largest absolute Gasteiger partial charge is 0.398 e. The molecule has 72 valence electrons. The molecule has 0 saturated carbocycles. The van der Waals surface area contributed by atoms with Crippen molar-refractivity contribution in [3.05, 3.63) is 28.7 Å². The summed E-state index contributed by atoms with van der Waals surface area (Å²) in [6, 6.07) is 3.13. The van der Waals surface area contributed by atoms with Gasteiger partial charge in [-0.2, -0.15) is 0 Å². The van der Waals surface area contributed by atoms with Gasteiger partial charge in [-0.1, -0.05) is 20.8 Å².